The highest BCUT2D eigenvalue weighted by molar-refractivity contribution is 9.10. The second-order valence-electron chi connectivity index (χ2n) is 4.67. The average Bonchev–Trinajstić information content (AvgIpc) is 2.32. The molecule has 0 fully saturated rings. The normalized spacial score (nSPS) is 14.4. The monoisotopic (exact) mass is 368 g/mol. The molecular weight excluding hydrogens is 357 g/mol. The molecule has 1 atom stereocenters. The molecule has 0 radical (unpaired) electrons. The van der Waals surface area contributed by atoms with Gasteiger partial charge in [-0.15, -0.1) is 0 Å². The first-order valence-corrected chi connectivity index (χ1v) is 7.03. The second-order valence-corrected chi connectivity index (χ2v) is 5.93. The molecule has 0 bridgehead atoms. The molecule has 1 rings (SSSR count). The molecule has 1 aromatic rings. The standard InChI is InChI=1S/C13H13BrClF3N2/c1-12(8-19,5-2-6-13(16,17)18)20-9-3-4-11(15)10(14)7-9/h3-4,7,20H,2,5-6H2,1H3. The lowest BCUT2D eigenvalue weighted by Gasteiger charge is -2.25. The van der Waals surface area contributed by atoms with E-state index in [4.69, 9.17) is 16.9 Å². The maximum atomic E-state index is 12.1. The van der Waals surface area contributed by atoms with Crippen molar-refractivity contribution in [1.29, 1.82) is 5.26 Å². The van der Waals surface area contributed by atoms with E-state index in [9.17, 15) is 13.2 Å². The smallest absolute Gasteiger partial charge is 0.368 e. The number of hydrogen-bond donors (Lipinski definition) is 1. The van der Waals surface area contributed by atoms with Crippen LogP contribution in [0.1, 0.15) is 26.2 Å². The summed E-state index contributed by atoms with van der Waals surface area (Å²) < 4.78 is 37.1. The lowest BCUT2D eigenvalue weighted by atomic mass is 9.96. The molecule has 0 aliphatic rings. The van der Waals surface area contributed by atoms with Crippen LogP contribution in [0.5, 0.6) is 0 Å². The number of benzene rings is 1. The van der Waals surface area contributed by atoms with Crippen molar-refractivity contribution in [2.75, 3.05) is 5.32 Å². The molecule has 0 saturated carbocycles. The van der Waals surface area contributed by atoms with Gasteiger partial charge in [0.15, 0.2) is 0 Å². The Morgan fingerprint density at radius 1 is 1.35 bits per heavy atom. The summed E-state index contributed by atoms with van der Waals surface area (Å²) in [4.78, 5) is 0. The molecule has 0 saturated heterocycles. The third kappa shape index (κ3) is 5.59. The summed E-state index contributed by atoms with van der Waals surface area (Å²) in [6.45, 7) is 1.58. The van der Waals surface area contributed by atoms with Crippen LogP contribution in [0.3, 0.4) is 0 Å². The van der Waals surface area contributed by atoms with Gasteiger partial charge in [-0.05, 0) is 53.9 Å². The summed E-state index contributed by atoms with van der Waals surface area (Å²) in [7, 11) is 0. The van der Waals surface area contributed by atoms with Gasteiger partial charge in [-0.3, -0.25) is 0 Å². The van der Waals surface area contributed by atoms with Gasteiger partial charge in [0.1, 0.15) is 5.54 Å². The maximum absolute atomic E-state index is 12.1. The molecule has 110 valence electrons. The van der Waals surface area contributed by atoms with Gasteiger partial charge < -0.3 is 5.32 Å². The fraction of sp³-hybridized carbons (Fsp3) is 0.462. The fourth-order valence-electron chi connectivity index (χ4n) is 1.68. The summed E-state index contributed by atoms with van der Waals surface area (Å²) in [5.41, 5.74) is -0.434. The van der Waals surface area contributed by atoms with E-state index in [-0.39, 0.29) is 12.8 Å². The first-order chi connectivity index (χ1) is 9.15. The first-order valence-electron chi connectivity index (χ1n) is 5.86. The Labute approximate surface area is 129 Å². The Hall–Kier alpha value is -0.930. The lowest BCUT2D eigenvalue weighted by Crippen LogP contribution is -2.33. The lowest BCUT2D eigenvalue weighted by molar-refractivity contribution is -0.135. The van der Waals surface area contributed by atoms with Crippen molar-refractivity contribution in [3.63, 3.8) is 0 Å². The fourth-order valence-corrected chi connectivity index (χ4v) is 2.18. The third-order valence-corrected chi connectivity index (χ3v) is 3.94. The number of hydrogen-bond acceptors (Lipinski definition) is 2. The summed E-state index contributed by atoms with van der Waals surface area (Å²) in [5, 5.41) is 12.6. The number of rotatable bonds is 5. The summed E-state index contributed by atoms with van der Waals surface area (Å²) in [6.07, 6.45) is -5.09. The Balaban J connectivity index is 2.69. The highest BCUT2D eigenvalue weighted by Crippen LogP contribution is 2.29. The van der Waals surface area contributed by atoms with E-state index in [2.05, 4.69) is 21.2 Å². The number of nitriles is 1. The second kappa shape index (κ2) is 6.68. The highest BCUT2D eigenvalue weighted by Gasteiger charge is 2.30. The molecule has 1 N–H and O–H groups in total. The van der Waals surface area contributed by atoms with Crippen LogP contribution < -0.4 is 5.32 Å². The molecule has 0 aliphatic heterocycles. The molecule has 0 aliphatic carbocycles. The molecule has 0 heterocycles. The number of nitrogens with zero attached hydrogens (tertiary/aromatic N) is 1. The predicted molar refractivity (Wildman–Crippen MR) is 76.7 cm³/mol. The van der Waals surface area contributed by atoms with E-state index in [0.717, 1.165) is 0 Å². The Morgan fingerprint density at radius 2 is 2.00 bits per heavy atom. The van der Waals surface area contributed by atoms with Crippen molar-refractivity contribution in [2.24, 2.45) is 0 Å². The van der Waals surface area contributed by atoms with Crippen LogP contribution in [0.25, 0.3) is 0 Å². The van der Waals surface area contributed by atoms with E-state index < -0.39 is 18.1 Å². The van der Waals surface area contributed by atoms with Gasteiger partial charge in [-0.25, -0.2) is 0 Å². The zero-order chi connectivity index (χ0) is 15.4. The molecule has 20 heavy (non-hydrogen) atoms. The van der Waals surface area contributed by atoms with Gasteiger partial charge in [0.05, 0.1) is 11.1 Å². The van der Waals surface area contributed by atoms with Crippen LogP contribution >= 0.6 is 27.5 Å². The Bertz CT molecular complexity index is 513. The van der Waals surface area contributed by atoms with Crippen LogP contribution in [0.4, 0.5) is 18.9 Å². The SMILES string of the molecule is CC(C#N)(CCCC(F)(F)F)Nc1ccc(Cl)c(Br)c1. The minimum atomic E-state index is -4.19. The molecule has 0 amide bonds. The number of anilines is 1. The van der Waals surface area contributed by atoms with Gasteiger partial charge in [0.2, 0.25) is 0 Å². The Morgan fingerprint density at radius 3 is 2.50 bits per heavy atom. The number of halogens is 5. The first kappa shape index (κ1) is 17.1. The zero-order valence-corrected chi connectivity index (χ0v) is 13.0. The average molecular weight is 370 g/mol. The van der Waals surface area contributed by atoms with Crippen LogP contribution in [0, 0.1) is 11.3 Å². The van der Waals surface area contributed by atoms with Gasteiger partial charge in [0.25, 0.3) is 0 Å². The van der Waals surface area contributed by atoms with Crippen molar-refractivity contribution in [2.45, 2.75) is 37.9 Å². The summed E-state index contributed by atoms with van der Waals surface area (Å²) in [6, 6.07) is 7.02. The number of alkyl halides is 3. The molecule has 1 aromatic carbocycles. The molecule has 7 heteroatoms. The molecule has 2 nitrogen and oxygen atoms in total. The van der Waals surface area contributed by atoms with Crippen molar-refractivity contribution < 1.29 is 13.2 Å². The third-order valence-electron chi connectivity index (χ3n) is 2.72. The van der Waals surface area contributed by atoms with E-state index in [1.165, 1.54) is 0 Å². The van der Waals surface area contributed by atoms with Gasteiger partial charge in [0, 0.05) is 16.6 Å². The van der Waals surface area contributed by atoms with E-state index in [1.54, 1.807) is 25.1 Å². The van der Waals surface area contributed by atoms with Crippen molar-refractivity contribution in [3.8, 4) is 6.07 Å². The van der Waals surface area contributed by atoms with Crippen LogP contribution in [-0.4, -0.2) is 11.7 Å². The molecule has 1 unspecified atom stereocenters. The quantitative estimate of drug-likeness (QED) is 0.741. The van der Waals surface area contributed by atoms with Crippen LogP contribution in [0.15, 0.2) is 22.7 Å². The summed E-state index contributed by atoms with van der Waals surface area (Å²) in [5.74, 6) is 0. The van der Waals surface area contributed by atoms with E-state index in [1.807, 2.05) is 6.07 Å². The van der Waals surface area contributed by atoms with Crippen molar-refractivity contribution >= 4 is 33.2 Å². The molecule has 0 aromatic heterocycles. The van der Waals surface area contributed by atoms with Crippen molar-refractivity contribution in [3.05, 3.63) is 27.7 Å². The van der Waals surface area contributed by atoms with Gasteiger partial charge in [-0.2, -0.15) is 18.4 Å². The minimum absolute atomic E-state index is 0.100. The van der Waals surface area contributed by atoms with Gasteiger partial charge in [-0.1, -0.05) is 11.6 Å². The topological polar surface area (TPSA) is 35.8 Å². The number of nitrogens with one attached hydrogen (secondary N) is 1. The van der Waals surface area contributed by atoms with E-state index in [0.29, 0.717) is 15.2 Å². The zero-order valence-electron chi connectivity index (χ0n) is 10.7. The maximum Gasteiger partial charge on any atom is 0.389 e. The largest absolute Gasteiger partial charge is 0.389 e. The Kier molecular flexibility index (Phi) is 5.72. The van der Waals surface area contributed by atoms with Crippen molar-refractivity contribution in [1.82, 2.24) is 0 Å². The van der Waals surface area contributed by atoms with E-state index >= 15 is 0 Å². The van der Waals surface area contributed by atoms with Crippen LogP contribution in [0.2, 0.25) is 5.02 Å². The highest BCUT2D eigenvalue weighted by atomic mass is 79.9. The molecule has 0 spiro atoms. The van der Waals surface area contributed by atoms with Gasteiger partial charge >= 0.3 is 6.18 Å². The van der Waals surface area contributed by atoms with Crippen LogP contribution in [-0.2, 0) is 0 Å². The minimum Gasteiger partial charge on any atom is -0.368 e. The predicted octanol–water partition coefficient (Wildman–Crippen LogP) is 5.53. The molecular formula is C13H13BrClF3N2. The summed E-state index contributed by atoms with van der Waals surface area (Å²) >= 11 is 9.11.